The van der Waals surface area contributed by atoms with Gasteiger partial charge in [0, 0.05) is 5.02 Å². The molecule has 0 saturated heterocycles. The van der Waals surface area contributed by atoms with Crippen LogP contribution in [0.2, 0.25) is 5.02 Å². The monoisotopic (exact) mass is 307 g/mol. The number of ether oxygens (including phenoxy) is 2. The molecule has 0 aliphatic heterocycles. The molecule has 2 N–H and O–H groups in total. The van der Waals surface area contributed by atoms with Crippen LogP contribution >= 0.6 is 23.8 Å². The highest BCUT2D eigenvalue weighted by atomic mass is 35.5. The summed E-state index contributed by atoms with van der Waals surface area (Å²) in [6.07, 6.45) is 0. The molecule has 20 heavy (non-hydrogen) atoms. The van der Waals surface area contributed by atoms with Crippen LogP contribution in [0.1, 0.15) is 5.56 Å². The van der Waals surface area contributed by atoms with Gasteiger partial charge in [0.25, 0.3) is 0 Å². The zero-order valence-corrected chi connectivity index (χ0v) is 12.3. The first-order chi connectivity index (χ1) is 9.66. The molecular weight excluding hydrogens is 294 g/mol. The Bertz CT molecular complexity index is 587. The second-order valence-corrected chi connectivity index (χ2v) is 4.89. The van der Waals surface area contributed by atoms with E-state index in [1.54, 1.807) is 12.1 Å². The van der Waals surface area contributed by atoms with Gasteiger partial charge >= 0.3 is 0 Å². The van der Waals surface area contributed by atoms with Gasteiger partial charge in [-0.25, -0.2) is 0 Å². The van der Waals surface area contributed by atoms with Crippen LogP contribution in [-0.4, -0.2) is 18.2 Å². The van der Waals surface area contributed by atoms with Crippen LogP contribution in [0.5, 0.6) is 11.5 Å². The third-order valence-corrected chi connectivity index (χ3v) is 3.05. The number of thiocarbonyl (C=S) groups is 1. The second kappa shape index (κ2) is 7.12. The van der Waals surface area contributed by atoms with Crippen molar-refractivity contribution in [2.75, 3.05) is 13.2 Å². The van der Waals surface area contributed by atoms with E-state index >= 15 is 0 Å². The molecule has 2 aromatic carbocycles. The molecule has 0 unspecified atom stereocenters. The Morgan fingerprint density at radius 2 is 1.65 bits per heavy atom. The molecule has 0 saturated carbocycles. The van der Waals surface area contributed by atoms with Crippen LogP contribution in [0.15, 0.2) is 48.5 Å². The number of para-hydroxylation sites is 1. The summed E-state index contributed by atoms with van der Waals surface area (Å²) in [6.45, 7) is 0.829. The van der Waals surface area contributed by atoms with Crippen LogP contribution in [0.3, 0.4) is 0 Å². The fourth-order valence-corrected chi connectivity index (χ4v) is 1.93. The van der Waals surface area contributed by atoms with E-state index in [1.807, 2.05) is 36.4 Å². The predicted octanol–water partition coefficient (Wildman–Crippen LogP) is 3.43. The largest absolute Gasteiger partial charge is 0.490 e. The minimum absolute atomic E-state index is 0.319. The van der Waals surface area contributed by atoms with Crippen LogP contribution in [0, 0.1) is 0 Å². The summed E-state index contributed by atoms with van der Waals surface area (Å²) in [4.78, 5) is 0.319. The fraction of sp³-hybridized carbons (Fsp3) is 0.133. The Labute approximate surface area is 128 Å². The van der Waals surface area contributed by atoms with E-state index in [4.69, 9.17) is 39.0 Å². The number of benzene rings is 2. The van der Waals surface area contributed by atoms with Crippen molar-refractivity contribution in [3.63, 3.8) is 0 Å². The smallest absolute Gasteiger partial charge is 0.129 e. The Hall–Kier alpha value is -1.78. The van der Waals surface area contributed by atoms with Crippen LogP contribution in [0.4, 0.5) is 0 Å². The normalized spacial score (nSPS) is 10.1. The van der Waals surface area contributed by atoms with E-state index in [2.05, 4.69) is 0 Å². The molecule has 0 aromatic heterocycles. The van der Waals surface area contributed by atoms with E-state index in [0.717, 1.165) is 11.3 Å². The van der Waals surface area contributed by atoms with Gasteiger partial charge < -0.3 is 15.2 Å². The lowest BCUT2D eigenvalue weighted by Crippen LogP contribution is -2.14. The molecule has 0 heterocycles. The Kier molecular flexibility index (Phi) is 5.21. The first-order valence-corrected chi connectivity index (χ1v) is 6.85. The van der Waals surface area contributed by atoms with E-state index in [9.17, 15) is 0 Å². The molecule has 0 spiro atoms. The molecule has 0 radical (unpaired) electrons. The van der Waals surface area contributed by atoms with Crippen LogP contribution < -0.4 is 15.2 Å². The lowest BCUT2D eigenvalue weighted by molar-refractivity contribution is 0.217. The second-order valence-electron chi connectivity index (χ2n) is 4.01. The molecule has 2 rings (SSSR count). The third kappa shape index (κ3) is 4.11. The van der Waals surface area contributed by atoms with Gasteiger partial charge in [-0.3, -0.25) is 0 Å². The van der Waals surface area contributed by atoms with Crippen LogP contribution in [-0.2, 0) is 0 Å². The van der Waals surface area contributed by atoms with Gasteiger partial charge in [0.1, 0.15) is 29.7 Å². The van der Waals surface area contributed by atoms with Crippen molar-refractivity contribution < 1.29 is 9.47 Å². The van der Waals surface area contributed by atoms with Gasteiger partial charge in [0.15, 0.2) is 0 Å². The average molecular weight is 308 g/mol. The Balaban J connectivity index is 1.84. The summed E-state index contributed by atoms with van der Waals surface area (Å²) in [5.41, 5.74) is 6.36. The number of nitrogens with two attached hydrogens (primary N) is 1. The highest BCUT2D eigenvalue weighted by molar-refractivity contribution is 7.80. The molecule has 0 aliphatic rings. The quantitative estimate of drug-likeness (QED) is 0.656. The fourth-order valence-electron chi connectivity index (χ4n) is 1.64. The number of rotatable bonds is 6. The summed E-state index contributed by atoms with van der Waals surface area (Å²) in [7, 11) is 0. The summed E-state index contributed by atoms with van der Waals surface area (Å²) in [5.74, 6) is 1.42. The summed E-state index contributed by atoms with van der Waals surface area (Å²) >= 11 is 10.8. The number of hydrogen-bond donors (Lipinski definition) is 1. The topological polar surface area (TPSA) is 44.5 Å². The van der Waals surface area contributed by atoms with E-state index < -0.39 is 0 Å². The Morgan fingerprint density at radius 1 is 1.00 bits per heavy atom. The summed E-state index contributed by atoms with van der Waals surface area (Å²) in [6, 6.07) is 14.6. The molecule has 0 fully saturated rings. The van der Waals surface area contributed by atoms with Gasteiger partial charge in [-0.2, -0.15) is 0 Å². The number of hydrogen-bond acceptors (Lipinski definition) is 3. The van der Waals surface area contributed by atoms with Gasteiger partial charge in [-0.15, -0.1) is 0 Å². The van der Waals surface area contributed by atoms with Crippen molar-refractivity contribution in [3.8, 4) is 11.5 Å². The summed E-state index contributed by atoms with van der Waals surface area (Å²) in [5, 5.41) is 0.680. The van der Waals surface area contributed by atoms with Crippen molar-refractivity contribution in [2.24, 2.45) is 5.73 Å². The zero-order valence-electron chi connectivity index (χ0n) is 10.7. The van der Waals surface area contributed by atoms with Gasteiger partial charge in [0.2, 0.25) is 0 Å². The van der Waals surface area contributed by atoms with Gasteiger partial charge in [0.05, 0.1) is 5.56 Å². The minimum Gasteiger partial charge on any atom is -0.490 e. The standard InChI is InChI=1S/C15H14ClNO2S/c16-11-5-7-12(8-6-11)18-9-10-19-14-4-2-1-3-13(14)15(17)20/h1-8H,9-10H2,(H2,17,20). The minimum atomic E-state index is 0.319. The van der Waals surface area contributed by atoms with E-state index in [0.29, 0.717) is 29.0 Å². The summed E-state index contributed by atoms with van der Waals surface area (Å²) < 4.78 is 11.2. The predicted molar refractivity (Wildman–Crippen MR) is 84.8 cm³/mol. The number of halogens is 1. The molecule has 5 heteroatoms. The first kappa shape index (κ1) is 14.6. The van der Waals surface area contributed by atoms with Crippen molar-refractivity contribution in [3.05, 3.63) is 59.1 Å². The van der Waals surface area contributed by atoms with E-state index in [-0.39, 0.29) is 0 Å². The molecule has 3 nitrogen and oxygen atoms in total. The van der Waals surface area contributed by atoms with E-state index in [1.165, 1.54) is 0 Å². The first-order valence-electron chi connectivity index (χ1n) is 6.07. The highest BCUT2D eigenvalue weighted by Gasteiger charge is 2.05. The highest BCUT2D eigenvalue weighted by Crippen LogP contribution is 2.18. The van der Waals surface area contributed by atoms with Crippen LogP contribution in [0.25, 0.3) is 0 Å². The Morgan fingerprint density at radius 3 is 2.35 bits per heavy atom. The molecule has 104 valence electrons. The van der Waals surface area contributed by atoms with Gasteiger partial charge in [-0.1, -0.05) is 36.0 Å². The van der Waals surface area contributed by atoms with Crippen molar-refractivity contribution in [1.82, 2.24) is 0 Å². The van der Waals surface area contributed by atoms with Crippen molar-refractivity contribution >= 4 is 28.8 Å². The maximum atomic E-state index is 5.80. The molecule has 2 aromatic rings. The molecule has 0 aliphatic carbocycles. The lowest BCUT2D eigenvalue weighted by Gasteiger charge is -2.11. The molecule has 0 atom stereocenters. The van der Waals surface area contributed by atoms with Crippen molar-refractivity contribution in [2.45, 2.75) is 0 Å². The van der Waals surface area contributed by atoms with Crippen molar-refractivity contribution in [1.29, 1.82) is 0 Å². The zero-order chi connectivity index (χ0) is 14.4. The SMILES string of the molecule is NC(=S)c1ccccc1OCCOc1ccc(Cl)cc1. The lowest BCUT2D eigenvalue weighted by atomic mass is 10.2. The maximum absolute atomic E-state index is 5.80. The maximum Gasteiger partial charge on any atom is 0.129 e. The molecular formula is C15H14ClNO2S. The average Bonchev–Trinajstić information content (AvgIpc) is 2.46. The third-order valence-electron chi connectivity index (χ3n) is 2.58. The van der Waals surface area contributed by atoms with Gasteiger partial charge in [-0.05, 0) is 36.4 Å². The molecule has 0 amide bonds. The molecule has 0 bridgehead atoms.